The van der Waals surface area contributed by atoms with Crippen LogP contribution in [0.15, 0.2) is 54.9 Å². The van der Waals surface area contributed by atoms with Crippen molar-refractivity contribution in [3.05, 3.63) is 77.1 Å². The Morgan fingerprint density at radius 3 is 2.36 bits per heavy atom. The molecule has 1 aromatic heterocycles. The standard InChI is InChI=1S/C20H20NO/c1-14-11-15(2)17-7-8-18(20(17)16(3)12-14)19(22)13-21-9-5-4-6-10-21/h4-12H,13H2,1-3H3/q+1. The largest absolute Gasteiger partial charge is 0.287 e. The number of carbonyl (C=O) groups is 1. The first kappa shape index (κ1) is 14.5. The van der Waals surface area contributed by atoms with Crippen LogP contribution < -0.4 is 4.57 Å². The Balaban J connectivity index is 2.05. The molecule has 110 valence electrons. The number of fused-ring (bicyclic) bond motifs is 1. The second-order valence-corrected chi connectivity index (χ2v) is 5.91. The maximum atomic E-state index is 12.7. The average Bonchev–Trinajstić information content (AvgIpc) is 2.89. The van der Waals surface area contributed by atoms with Gasteiger partial charge in [-0.05, 0) is 49.1 Å². The molecule has 2 aliphatic rings. The molecule has 0 radical (unpaired) electrons. The van der Waals surface area contributed by atoms with Crippen molar-refractivity contribution in [2.24, 2.45) is 0 Å². The van der Waals surface area contributed by atoms with Crippen LogP contribution in [0.25, 0.3) is 11.1 Å². The molecular formula is C20H20NO+. The summed E-state index contributed by atoms with van der Waals surface area (Å²) in [5, 5.41) is 0. The third-order valence-corrected chi connectivity index (χ3v) is 4.07. The summed E-state index contributed by atoms with van der Waals surface area (Å²) in [6, 6.07) is 14.2. The van der Waals surface area contributed by atoms with Crippen LogP contribution in [-0.4, -0.2) is 5.78 Å². The van der Waals surface area contributed by atoms with E-state index in [0.717, 1.165) is 16.7 Å². The molecular weight excluding hydrogens is 270 g/mol. The Labute approximate surface area is 131 Å². The quantitative estimate of drug-likeness (QED) is 0.529. The van der Waals surface area contributed by atoms with Crippen LogP contribution in [0.1, 0.15) is 27.0 Å². The molecule has 1 heterocycles. The van der Waals surface area contributed by atoms with E-state index < -0.39 is 0 Å². The summed E-state index contributed by atoms with van der Waals surface area (Å²) in [5.74, 6) is 0.151. The normalized spacial score (nSPS) is 10.9. The maximum absolute atomic E-state index is 12.7. The summed E-state index contributed by atoms with van der Waals surface area (Å²) in [6.07, 6.45) is 3.84. The first-order valence-corrected chi connectivity index (χ1v) is 7.54. The number of aryl methyl sites for hydroxylation is 3. The number of nitrogens with zero attached hydrogens (tertiary/aromatic N) is 1. The fourth-order valence-corrected chi connectivity index (χ4v) is 3.13. The first-order chi connectivity index (χ1) is 10.6. The molecule has 2 aliphatic carbocycles. The number of Topliss-reactive ketones (excluding diaryl/α,β-unsaturated/α-hetero) is 1. The van der Waals surface area contributed by atoms with Gasteiger partial charge in [0.1, 0.15) is 0 Å². The van der Waals surface area contributed by atoms with Gasteiger partial charge in [-0.25, -0.2) is 0 Å². The Morgan fingerprint density at radius 2 is 1.64 bits per heavy atom. The summed E-state index contributed by atoms with van der Waals surface area (Å²) >= 11 is 0. The molecule has 0 amide bonds. The van der Waals surface area contributed by atoms with E-state index in [9.17, 15) is 4.79 Å². The molecule has 0 saturated heterocycles. The Hall–Kier alpha value is -2.48. The first-order valence-electron chi connectivity index (χ1n) is 7.54. The maximum Gasteiger partial charge on any atom is 0.228 e. The zero-order chi connectivity index (χ0) is 15.7. The third kappa shape index (κ3) is 2.64. The highest BCUT2D eigenvalue weighted by Crippen LogP contribution is 2.34. The number of ketones is 1. The molecule has 0 bridgehead atoms. The van der Waals surface area contributed by atoms with E-state index in [-0.39, 0.29) is 5.78 Å². The van der Waals surface area contributed by atoms with Gasteiger partial charge in [-0.15, -0.1) is 0 Å². The third-order valence-electron chi connectivity index (χ3n) is 4.07. The van der Waals surface area contributed by atoms with Crippen molar-refractivity contribution in [1.82, 2.24) is 0 Å². The minimum Gasteiger partial charge on any atom is -0.287 e. The number of pyridine rings is 1. The Morgan fingerprint density at radius 1 is 0.955 bits per heavy atom. The van der Waals surface area contributed by atoms with Crippen LogP contribution in [0.5, 0.6) is 0 Å². The molecule has 3 rings (SSSR count). The van der Waals surface area contributed by atoms with Crippen LogP contribution in [0.3, 0.4) is 0 Å². The highest BCUT2D eigenvalue weighted by Gasteiger charge is 2.21. The molecule has 0 spiro atoms. The Bertz CT molecular complexity index is 806. The van der Waals surface area contributed by atoms with Crippen LogP contribution >= 0.6 is 0 Å². The molecule has 0 atom stereocenters. The summed E-state index contributed by atoms with van der Waals surface area (Å²) in [4.78, 5) is 12.7. The van der Waals surface area contributed by atoms with Gasteiger partial charge < -0.3 is 0 Å². The molecule has 2 heteroatoms. The number of hydrogen-bond acceptors (Lipinski definition) is 1. The van der Waals surface area contributed by atoms with Crippen LogP contribution in [0, 0.1) is 20.8 Å². The second kappa shape index (κ2) is 5.72. The van der Waals surface area contributed by atoms with Gasteiger partial charge in [0.15, 0.2) is 12.4 Å². The van der Waals surface area contributed by atoms with Gasteiger partial charge in [-0.2, -0.15) is 4.57 Å². The fourth-order valence-electron chi connectivity index (χ4n) is 3.13. The van der Waals surface area contributed by atoms with E-state index >= 15 is 0 Å². The van der Waals surface area contributed by atoms with Crippen molar-refractivity contribution >= 4 is 5.78 Å². The molecule has 1 aromatic rings. The van der Waals surface area contributed by atoms with E-state index in [1.807, 2.05) is 41.2 Å². The average molecular weight is 290 g/mol. The SMILES string of the molecule is Cc1cc(C)c2ccc(C(=O)C[n+]3ccccc3)c-2c(C)c1. The van der Waals surface area contributed by atoms with Gasteiger partial charge >= 0.3 is 0 Å². The van der Waals surface area contributed by atoms with Gasteiger partial charge in [0.05, 0.1) is 0 Å². The van der Waals surface area contributed by atoms with Gasteiger partial charge in [0.25, 0.3) is 0 Å². The number of hydrogen-bond donors (Lipinski definition) is 0. The highest BCUT2D eigenvalue weighted by molar-refractivity contribution is 6.04. The zero-order valence-electron chi connectivity index (χ0n) is 13.3. The fraction of sp³-hybridized carbons (Fsp3) is 0.200. The smallest absolute Gasteiger partial charge is 0.228 e. The lowest BCUT2D eigenvalue weighted by atomic mass is 9.99. The minimum absolute atomic E-state index is 0.151. The summed E-state index contributed by atoms with van der Waals surface area (Å²) in [6.45, 7) is 6.66. The summed E-state index contributed by atoms with van der Waals surface area (Å²) in [7, 11) is 0. The van der Waals surface area contributed by atoms with Crippen LogP contribution in [0.4, 0.5) is 0 Å². The van der Waals surface area contributed by atoms with Crippen molar-refractivity contribution in [2.75, 3.05) is 0 Å². The van der Waals surface area contributed by atoms with Gasteiger partial charge in [0.2, 0.25) is 12.3 Å². The van der Waals surface area contributed by atoms with E-state index in [1.54, 1.807) is 0 Å². The molecule has 0 N–H and O–H groups in total. The monoisotopic (exact) mass is 290 g/mol. The van der Waals surface area contributed by atoms with Crippen molar-refractivity contribution < 1.29 is 9.36 Å². The lowest BCUT2D eigenvalue weighted by Gasteiger charge is -2.04. The minimum atomic E-state index is 0.151. The molecule has 0 unspecified atom stereocenters. The molecule has 0 fully saturated rings. The number of rotatable bonds is 3. The van der Waals surface area contributed by atoms with Crippen LogP contribution in [0.2, 0.25) is 0 Å². The summed E-state index contributed by atoms with van der Waals surface area (Å²) in [5.41, 5.74) is 6.68. The topological polar surface area (TPSA) is 20.9 Å². The predicted octanol–water partition coefficient (Wildman–Crippen LogP) is 3.89. The predicted molar refractivity (Wildman–Crippen MR) is 88.2 cm³/mol. The van der Waals surface area contributed by atoms with E-state index in [2.05, 4.69) is 39.0 Å². The molecule has 22 heavy (non-hydrogen) atoms. The Kier molecular flexibility index (Phi) is 3.76. The zero-order valence-corrected chi connectivity index (χ0v) is 13.3. The van der Waals surface area contributed by atoms with Gasteiger partial charge in [-0.1, -0.05) is 29.8 Å². The van der Waals surface area contributed by atoms with Crippen molar-refractivity contribution in [3.8, 4) is 11.1 Å². The lowest BCUT2D eigenvalue weighted by molar-refractivity contribution is -0.683. The van der Waals surface area contributed by atoms with Crippen molar-refractivity contribution in [3.63, 3.8) is 0 Å². The van der Waals surface area contributed by atoms with Crippen molar-refractivity contribution in [2.45, 2.75) is 27.3 Å². The van der Waals surface area contributed by atoms with Gasteiger partial charge in [-0.3, -0.25) is 4.79 Å². The van der Waals surface area contributed by atoms with Gasteiger partial charge in [0, 0.05) is 17.7 Å². The van der Waals surface area contributed by atoms with Crippen LogP contribution in [-0.2, 0) is 6.54 Å². The van der Waals surface area contributed by atoms with Crippen molar-refractivity contribution in [1.29, 1.82) is 0 Å². The molecule has 0 saturated carbocycles. The molecule has 2 nitrogen and oxygen atoms in total. The summed E-state index contributed by atoms with van der Waals surface area (Å²) < 4.78 is 1.91. The highest BCUT2D eigenvalue weighted by atomic mass is 16.1. The van der Waals surface area contributed by atoms with E-state index in [4.69, 9.17) is 0 Å². The molecule has 0 aliphatic heterocycles. The van der Waals surface area contributed by atoms with E-state index in [1.165, 1.54) is 16.7 Å². The molecule has 0 aromatic carbocycles. The van der Waals surface area contributed by atoms with E-state index in [0.29, 0.717) is 6.54 Å². The second-order valence-electron chi connectivity index (χ2n) is 5.91. The number of aromatic nitrogens is 1. The number of carbonyl (C=O) groups excluding carboxylic acids is 1. The lowest BCUT2D eigenvalue weighted by Crippen LogP contribution is -2.36.